The summed E-state index contributed by atoms with van der Waals surface area (Å²) in [6.07, 6.45) is 1.71. The Bertz CT molecular complexity index is 552. The van der Waals surface area contributed by atoms with Crippen LogP contribution in [0, 0.1) is 0 Å². The zero-order chi connectivity index (χ0) is 11.0. The summed E-state index contributed by atoms with van der Waals surface area (Å²) in [7, 11) is 0. The van der Waals surface area contributed by atoms with Crippen LogP contribution in [-0.4, -0.2) is 9.97 Å². The van der Waals surface area contributed by atoms with E-state index >= 15 is 0 Å². The van der Waals surface area contributed by atoms with Crippen LogP contribution in [-0.2, 0) is 0 Å². The number of benzene rings is 1. The van der Waals surface area contributed by atoms with E-state index in [1.54, 1.807) is 6.20 Å². The number of aromatic nitrogens is 2. The molecule has 0 spiro atoms. The van der Waals surface area contributed by atoms with E-state index < -0.39 is 0 Å². The topological polar surface area (TPSA) is 25.8 Å². The number of fused-ring (bicyclic) bond motifs is 1. The first-order valence-electron chi connectivity index (χ1n) is 4.36. The molecule has 0 saturated carbocycles. The normalized spacial score (nSPS) is 10.6. The fourth-order valence-corrected chi connectivity index (χ4v) is 1.97. The van der Waals surface area contributed by atoms with Gasteiger partial charge in [0.15, 0.2) is 0 Å². The second-order valence-corrected chi connectivity index (χ2v) is 4.47. The number of nitrogens with zero attached hydrogens (tertiary/aromatic N) is 2. The lowest BCUT2D eigenvalue weighted by molar-refractivity contribution is 1.22. The van der Waals surface area contributed by atoms with E-state index in [0.717, 1.165) is 26.5 Å². The molecule has 0 atom stereocenters. The first kappa shape index (κ1) is 10.6. The molecule has 0 N–H and O–H groups in total. The molecule has 0 aliphatic heterocycles. The average molecular weight is 284 g/mol. The summed E-state index contributed by atoms with van der Waals surface area (Å²) in [4.78, 5) is 8.18. The molecule has 0 unspecified atom stereocenters. The lowest BCUT2D eigenvalue weighted by atomic mass is 10.1. The van der Waals surface area contributed by atoms with Crippen molar-refractivity contribution in [3.05, 3.63) is 40.2 Å². The molecule has 0 aliphatic carbocycles. The minimum atomic E-state index is 0.253. The SMILES string of the molecule is C=C(C)c1ccc(Br)c2cnc(Cl)nc12. The van der Waals surface area contributed by atoms with Crippen molar-refractivity contribution in [2.24, 2.45) is 0 Å². The van der Waals surface area contributed by atoms with Crippen molar-refractivity contribution in [1.29, 1.82) is 0 Å². The van der Waals surface area contributed by atoms with Gasteiger partial charge in [-0.1, -0.05) is 28.6 Å². The zero-order valence-corrected chi connectivity index (χ0v) is 10.4. The van der Waals surface area contributed by atoms with Gasteiger partial charge < -0.3 is 0 Å². The number of allylic oxidation sites excluding steroid dienone is 1. The molecule has 1 heterocycles. The van der Waals surface area contributed by atoms with Crippen LogP contribution >= 0.6 is 27.5 Å². The first-order chi connectivity index (χ1) is 7.09. The maximum absolute atomic E-state index is 5.78. The van der Waals surface area contributed by atoms with Crippen LogP contribution in [0.5, 0.6) is 0 Å². The Morgan fingerprint density at radius 2 is 2.20 bits per heavy atom. The van der Waals surface area contributed by atoms with E-state index in [4.69, 9.17) is 11.6 Å². The maximum atomic E-state index is 5.78. The lowest BCUT2D eigenvalue weighted by Crippen LogP contribution is -1.90. The number of rotatable bonds is 1. The molecule has 2 rings (SSSR count). The van der Waals surface area contributed by atoms with Gasteiger partial charge in [-0.2, -0.15) is 0 Å². The highest BCUT2D eigenvalue weighted by Gasteiger charge is 2.07. The molecule has 0 radical (unpaired) electrons. The molecule has 0 bridgehead atoms. The quantitative estimate of drug-likeness (QED) is 0.737. The van der Waals surface area contributed by atoms with Gasteiger partial charge in [0.1, 0.15) is 0 Å². The minimum Gasteiger partial charge on any atom is -0.226 e. The van der Waals surface area contributed by atoms with Gasteiger partial charge >= 0.3 is 0 Å². The number of hydrogen-bond acceptors (Lipinski definition) is 2. The standard InChI is InChI=1S/C11H8BrClN2/c1-6(2)7-3-4-9(12)8-5-14-11(13)15-10(7)8/h3-5H,1H2,2H3. The monoisotopic (exact) mass is 282 g/mol. The van der Waals surface area contributed by atoms with Gasteiger partial charge in [-0.15, -0.1) is 0 Å². The van der Waals surface area contributed by atoms with Gasteiger partial charge in [-0.05, 0) is 30.2 Å². The van der Waals surface area contributed by atoms with Gasteiger partial charge in [0, 0.05) is 21.6 Å². The minimum absolute atomic E-state index is 0.253. The van der Waals surface area contributed by atoms with Crippen LogP contribution in [0.4, 0.5) is 0 Å². The number of hydrogen-bond donors (Lipinski definition) is 0. The van der Waals surface area contributed by atoms with Crippen molar-refractivity contribution < 1.29 is 0 Å². The van der Waals surface area contributed by atoms with Crippen LogP contribution in [0.25, 0.3) is 16.5 Å². The van der Waals surface area contributed by atoms with Crippen molar-refractivity contribution in [1.82, 2.24) is 9.97 Å². The molecule has 2 aromatic rings. The molecular formula is C11H8BrClN2. The molecule has 0 amide bonds. The Labute approximate surface area is 101 Å². The molecule has 1 aromatic carbocycles. The third-order valence-corrected chi connectivity index (χ3v) is 3.00. The Balaban J connectivity index is 2.90. The molecule has 1 aromatic heterocycles. The van der Waals surface area contributed by atoms with Gasteiger partial charge in [-0.3, -0.25) is 0 Å². The van der Waals surface area contributed by atoms with Gasteiger partial charge in [-0.25, -0.2) is 9.97 Å². The van der Waals surface area contributed by atoms with Crippen molar-refractivity contribution in [2.75, 3.05) is 0 Å². The lowest BCUT2D eigenvalue weighted by Gasteiger charge is -2.06. The van der Waals surface area contributed by atoms with Crippen LogP contribution < -0.4 is 0 Å². The highest BCUT2D eigenvalue weighted by Crippen LogP contribution is 2.28. The fourth-order valence-electron chi connectivity index (χ4n) is 1.41. The molecule has 15 heavy (non-hydrogen) atoms. The van der Waals surface area contributed by atoms with E-state index in [1.807, 2.05) is 19.1 Å². The Hall–Kier alpha value is -0.930. The van der Waals surface area contributed by atoms with Crippen molar-refractivity contribution >= 4 is 44.0 Å². The molecule has 0 fully saturated rings. The van der Waals surface area contributed by atoms with E-state index in [1.165, 1.54) is 0 Å². The van der Waals surface area contributed by atoms with E-state index in [9.17, 15) is 0 Å². The maximum Gasteiger partial charge on any atom is 0.222 e. The summed E-state index contributed by atoms with van der Waals surface area (Å²) < 4.78 is 0.958. The second kappa shape index (κ2) is 3.91. The van der Waals surface area contributed by atoms with Crippen LogP contribution in [0.2, 0.25) is 5.28 Å². The van der Waals surface area contributed by atoms with Crippen LogP contribution in [0.1, 0.15) is 12.5 Å². The van der Waals surface area contributed by atoms with Gasteiger partial charge in [0.05, 0.1) is 5.52 Å². The van der Waals surface area contributed by atoms with E-state index in [-0.39, 0.29) is 5.28 Å². The summed E-state index contributed by atoms with van der Waals surface area (Å²) in [5.74, 6) is 0. The molecular weight excluding hydrogens is 275 g/mol. The third kappa shape index (κ3) is 1.90. The molecule has 4 heteroatoms. The highest BCUT2D eigenvalue weighted by atomic mass is 79.9. The number of halogens is 2. The van der Waals surface area contributed by atoms with Crippen LogP contribution in [0.3, 0.4) is 0 Å². The van der Waals surface area contributed by atoms with E-state index in [0.29, 0.717) is 0 Å². The average Bonchev–Trinajstić information content (AvgIpc) is 2.17. The van der Waals surface area contributed by atoms with E-state index in [2.05, 4.69) is 32.5 Å². The molecule has 2 nitrogen and oxygen atoms in total. The largest absolute Gasteiger partial charge is 0.226 e. The third-order valence-electron chi connectivity index (χ3n) is 2.13. The molecule has 76 valence electrons. The summed E-state index contributed by atoms with van der Waals surface area (Å²) in [5.41, 5.74) is 2.79. The Kier molecular flexibility index (Phi) is 2.76. The predicted molar refractivity (Wildman–Crippen MR) is 67.0 cm³/mol. The highest BCUT2D eigenvalue weighted by molar-refractivity contribution is 9.10. The van der Waals surface area contributed by atoms with Gasteiger partial charge in [0.2, 0.25) is 5.28 Å². The fraction of sp³-hybridized carbons (Fsp3) is 0.0909. The Morgan fingerprint density at radius 3 is 2.87 bits per heavy atom. The summed E-state index contributed by atoms with van der Waals surface area (Å²) >= 11 is 9.23. The van der Waals surface area contributed by atoms with Crippen LogP contribution in [0.15, 0.2) is 29.4 Å². The van der Waals surface area contributed by atoms with Gasteiger partial charge in [0.25, 0.3) is 0 Å². The smallest absolute Gasteiger partial charge is 0.222 e. The summed E-state index contributed by atoms with van der Waals surface area (Å²) in [6.45, 7) is 5.86. The second-order valence-electron chi connectivity index (χ2n) is 3.28. The van der Waals surface area contributed by atoms with Crippen molar-refractivity contribution in [2.45, 2.75) is 6.92 Å². The summed E-state index contributed by atoms with van der Waals surface area (Å²) in [5, 5.41) is 1.20. The first-order valence-corrected chi connectivity index (χ1v) is 5.53. The molecule has 0 aliphatic rings. The zero-order valence-electron chi connectivity index (χ0n) is 8.09. The Morgan fingerprint density at radius 1 is 1.47 bits per heavy atom. The molecule has 0 saturated heterocycles. The van der Waals surface area contributed by atoms with Crippen molar-refractivity contribution in [3.8, 4) is 0 Å². The van der Waals surface area contributed by atoms with Crippen molar-refractivity contribution in [3.63, 3.8) is 0 Å². The predicted octanol–water partition coefficient (Wildman–Crippen LogP) is 4.08. The summed E-state index contributed by atoms with van der Waals surface area (Å²) in [6, 6.07) is 3.93.